The minimum absolute atomic E-state index is 0.0645. The van der Waals surface area contributed by atoms with Gasteiger partial charge in [-0.05, 0) is 19.3 Å². The van der Waals surface area contributed by atoms with Gasteiger partial charge in [0, 0.05) is 19.9 Å². The van der Waals surface area contributed by atoms with Gasteiger partial charge in [0.15, 0.2) is 0 Å². The van der Waals surface area contributed by atoms with Gasteiger partial charge in [0.05, 0.1) is 24.7 Å². The molecule has 1 aromatic rings. The Labute approximate surface area is 144 Å². The molecule has 1 aliphatic heterocycles. The standard InChI is InChI=1S/C16H21N3O6/c1-24-8-12-17-6-11(14(22)18-12)15(23)19-7-10(5-13(20)21)25-16(9-19)3-2-4-16/h6,10H,2-5,7-9H2,1H3,(H,20,21)(H,17,18,22). The van der Waals surface area contributed by atoms with Gasteiger partial charge in [-0.3, -0.25) is 14.4 Å². The predicted molar refractivity (Wildman–Crippen MR) is 85.2 cm³/mol. The van der Waals surface area contributed by atoms with Crippen molar-refractivity contribution in [3.05, 3.63) is 27.9 Å². The zero-order chi connectivity index (χ0) is 18.0. The van der Waals surface area contributed by atoms with Gasteiger partial charge in [0.2, 0.25) is 0 Å². The summed E-state index contributed by atoms with van der Waals surface area (Å²) in [6.45, 7) is 0.651. The fraction of sp³-hybridized carbons (Fsp3) is 0.625. The summed E-state index contributed by atoms with van der Waals surface area (Å²) in [4.78, 5) is 44.1. The molecule has 2 aliphatic rings. The first-order valence-electron chi connectivity index (χ1n) is 8.18. The zero-order valence-corrected chi connectivity index (χ0v) is 14.0. The van der Waals surface area contributed by atoms with Crippen LogP contribution >= 0.6 is 0 Å². The van der Waals surface area contributed by atoms with E-state index < -0.39 is 29.1 Å². The number of aromatic nitrogens is 2. The molecule has 0 bridgehead atoms. The number of amides is 1. The number of methoxy groups -OCH3 is 1. The SMILES string of the molecule is COCc1ncc(C(=O)N2CC(CC(=O)O)OC3(CCC3)C2)c(=O)[nH]1. The van der Waals surface area contributed by atoms with Crippen molar-refractivity contribution in [3.8, 4) is 0 Å². The van der Waals surface area contributed by atoms with Gasteiger partial charge in [-0.15, -0.1) is 0 Å². The lowest BCUT2D eigenvalue weighted by molar-refractivity contribution is -0.188. The lowest BCUT2D eigenvalue weighted by Crippen LogP contribution is -2.60. The van der Waals surface area contributed by atoms with Crippen LogP contribution in [0.3, 0.4) is 0 Å². The van der Waals surface area contributed by atoms with E-state index in [-0.39, 0.29) is 25.1 Å². The molecule has 1 amide bonds. The van der Waals surface area contributed by atoms with Crippen molar-refractivity contribution in [2.75, 3.05) is 20.2 Å². The monoisotopic (exact) mass is 351 g/mol. The van der Waals surface area contributed by atoms with E-state index in [0.717, 1.165) is 19.3 Å². The van der Waals surface area contributed by atoms with E-state index in [2.05, 4.69) is 9.97 Å². The van der Waals surface area contributed by atoms with Crippen molar-refractivity contribution in [1.82, 2.24) is 14.9 Å². The quantitative estimate of drug-likeness (QED) is 0.774. The molecule has 0 radical (unpaired) electrons. The molecule has 1 unspecified atom stereocenters. The molecule has 1 saturated heterocycles. The first kappa shape index (κ1) is 17.6. The molecular weight excluding hydrogens is 330 g/mol. The minimum Gasteiger partial charge on any atom is -0.481 e. The van der Waals surface area contributed by atoms with Crippen LogP contribution in [0.15, 0.2) is 11.0 Å². The van der Waals surface area contributed by atoms with Crippen LogP contribution in [-0.2, 0) is 20.9 Å². The number of nitrogens with one attached hydrogen (secondary N) is 1. The van der Waals surface area contributed by atoms with Gasteiger partial charge in [-0.2, -0.15) is 0 Å². The number of aromatic amines is 1. The minimum atomic E-state index is -0.975. The molecule has 1 aliphatic carbocycles. The van der Waals surface area contributed by atoms with Gasteiger partial charge >= 0.3 is 5.97 Å². The Morgan fingerprint density at radius 1 is 1.52 bits per heavy atom. The Morgan fingerprint density at radius 2 is 2.28 bits per heavy atom. The fourth-order valence-corrected chi connectivity index (χ4v) is 3.35. The van der Waals surface area contributed by atoms with E-state index in [9.17, 15) is 14.4 Å². The van der Waals surface area contributed by atoms with E-state index in [1.807, 2.05) is 0 Å². The molecule has 9 nitrogen and oxygen atoms in total. The number of carboxylic acids is 1. The average molecular weight is 351 g/mol. The Bertz CT molecular complexity index is 727. The summed E-state index contributed by atoms with van der Waals surface area (Å²) in [5.41, 5.74) is -1.08. The Kier molecular flexibility index (Phi) is 4.87. The molecule has 1 saturated carbocycles. The van der Waals surface area contributed by atoms with E-state index in [4.69, 9.17) is 14.6 Å². The van der Waals surface area contributed by atoms with Crippen LogP contribution in [0.1, 0.15) is 41.9 Å². The number of nitrogens with zero attached hydrogens (tertiary/aromatic N) is 2. The first-order valence-corrected chi connectivity index (χ1v) is 8.18. The van der Waals surface area contributed by atoms with E-state index in [0.29, 0.717) is 12.4 Å². The van der Waals surface area contributed by atoms with Gasteiger partial charge in [0.1, 0.15) is 18.0 Å². The number of carboxylic acid groups (broad SMARTS) is 1. The van der Waals surface area contributed by atoms with E-state index >= 15 is 0 Å². The normalized spacial score (nSPS) is 21.8. The number of carbonyl (C=O) groups excluding carboxylic acids is 1. The summed E-state index contributed by atoms with van der Waals surface area (Å²) in [7, 11) is 1.48. The van der Waals surface area contributed by atoms with Crippen LogP contribution in [-0.4, -0.2) is 63.8 Å². The topological polar surface area (TPSA) is 122 Å². The molecular formula is C16H21N3O6. The third-order valence-corrected chi connectivity index (χ3v) is 4.64. The van der Waals surface area contributed by atoms with Crippen molar-refractivity contribution in [2.45, 2.75) is 44.0 Å². The summed E-state index contributed by atoms with van der Waals surface area (Å²) in [6, 6.07) is 0. The van der Waals surface area contributed by atoms with Crippen LogP contribution in [0, 0.1) is 0 Å². The molecule has 1 aromatic heterocycles. The zero-order valence-electron chi connectivity index (χ0n) is 14.0. The highest BCUT2D eigenvalue weighted by molar-refractivity contribution is 5.93. The van der Waals surface area contributed by atoms with Gasteiger partial charge in [0.25, 0.3) is 11.5 Å². The van der Waals surface area contributed by atoms with Crippen molar-refractivity contribution < 1.29 is 24.2 Å². The summed E-state index contributed by atoms with van der Waals surface area (Å²) in [6.07, 6.45) is 3.05. The molecule has 25 heavy (non-hydrogen) atoms. The largest absolute Gasteiger partial charge is 0.481 e. The van der Waals surface area contributed by atoms with Gasteiger partial charge in [-0.25, -0.2) is 4.98 Å². The second-order valence-corrected chi connectivity index (χ2v) is 6.57. The Morgan fingerprint density at radius 3 is 2.84 bits per heavy atom. The van der Waals surface area contributed by atoms with Crippen molar-refractivity contribution >= 4 is 11.9 Å². The van der Waals surface area contributed by atoms with Crippen molar-refractivity contribution in [2.24, 2.45) is 0 Å². The third-order valence-electron chi connectivity index (χ3n) is 4.64. The number of hydrogen-bond acceptors (Lipinski definition) is 6. The summed E-state index contributed by atoms with van der Waals surface area (Å²) >= 11 is 0. The van der Waals surface area contributed by atoms with Gasteiger partial charge < -0.3 is 24.5 Å². The van der Waals surface area contributed by atoms with Crippen LogP contribution in [0.2, 0.25) is 0 Å². The summed E-state index contributed by atoms with van der Waals surface area (Å²) < 4.78 is 10.8. The molecule has 2 heterocycles. The molecule has 1 atom stereocenters. The highest BCUT2D eigenvalue weighted by atomic mass is 16.5. The first-order chi connectivity index (χ1) is 11.9. The molecule has 9 heteroatoms. The fourth-order valence-electron chi connectivity index (χ4n) is 3.35. The third kappa shape index (κ3) is 3.72. The number of H-pyrrole nitrogens is 1. The van der Waals surface area contributed by atoms with Crippen molar-refractivity contribution in [3.63, 3.8) is 0 Å². The molecule has 2 N–H and O–H groups in total. The number of morpholine rings is 1. The Hall–Kier alpha value is -2.26. The summed E-state index contributed by atoms with van der Waals surface area (Å²) in [5.74, 6) is -1.09. The average Bonchev–Trinajstić information content (AvgIpc) is 2.52. The van der Waals surface area contributed by atoms with E-state index in [1.54, 1.807) is 0 Å². The lowest BCUT2D eigenvalue weighted by atomic mass is 9.78. The second kappa shape index (κ2) is 6.93. The predicted octanol–water partition coefficient (Wildman–Crippen LogP) is 0.155. The Balaban J connectivity index is 1.80. The second-order valence-electron chi connectivity index (χ2n) is 6.57. The summed E-state index contributed by atoms with van der Waals surface area (Å²) in [5, 5.41) is 9.03. The number of rotatable bonds is 5. The highest BCUT2D eigenvalue weighted by Gasteiger charge is 2.47. The smallest absolute Gasteiger partial charge is 0.306 e. The van der Waals surface area contributed by atoms with Crippen LogP contribution in [0.25, 0.3) is 0 Å². The maximum Gasteiger partial charge on any atom is 0.306 e. The van der Waals surface area contributed by atoms with E-state index in [1.165, 1.54) is 18.2 Å². The molecule has 2 fully saturated rings. The number of aliphatic carboxylic acids is 1. The van der Waals surface area contributed by atoms with Crippen LogP contribution in [0.4, 0.5) is 0 Å². The number of hydrogen-bond donors (Lipinski definition) is 2. The maximum absolute atomic E-state index is 12.8. The highest BCUT2D eigenvalue weighted by Crippen LogP contribution is 2.40. The van der Waals surface area contributed by atoms with Crippen molar-refractivity contribution in [1.29, 1.82) is 0 Å². The number of ether oxygens (including phenoxy) is 2. The lowest BCUT2D eigenvalue weighted by Gasteiger charge is -2.51. The molecule has 136 valence electrons. The maximum atomic E-state index is 12.8. The number of carbonyl (C=O) groups is 2. The van der Waals surface area contributed by atoms with Crippen LogP contribution < -0.4 is 5.56 Å². The molecule has 3 rings (SSSR count). The van der Waals surface area contributed by atoms with Crippen LogP contribution in [0.5, 0.6) is 0 Å². The molecule has 0 aromatic carbocycles. The van der Waals surface area contributed by atoms with Gasteiger partial charge in [-0.1, -0.05) is 0 Å². The molecule has 1 spiro atoms.